The Kier molecular flexibility index (Phi) is 8.95. The van der Waals surface area contributed by atoms with Crippen molar-refractivity contribution in [1.29, 1.82) is 0 Å². The van der Waals surface area contributed by atoms with Crippen LogP contribution in [0.2, 0.25) is 0 Å². The minimum atomic E-state index is 0.0365. The number of ketones is 1. The first-order valence-corrected chi connectivity index (χ1v) is 13.1. The van der Waals surface area contributed by atoms with E-state index in [1.807, 2.05) is 0 Å². The van der Waals surface area contributed by atoms with Crippen molar-refractivity contribution in [3.05, 3.63) is 24.4 Å². The van der Waals surface area contributed by atoms with Crippen molar-refractivity contribution in [3.8, 4) is 0 Å². The molecular weight excluding hydrogens is 412 g/mol. The van der Waals surface area contributed by atoms with Gasteiger partial charge >= 0.3 is 0 Å². The highest BCUT2D eigenvalue weighted by atomic mass is 16.2. The third kappa shape index (κ3) is 7.28. The molecule has 5 heteroatoms. The number of Topliss-reactive ketones (excluding diaryl/α,β-unsaturated/α-hetero) is 1. The van der Waals surface area contributed by atoms with Crippen LogP contribution < -0.4 is 0 Å². The minimum Gasteiger partial charge on any atom is -0.342 e. The second kappa shape index (κ2) is 11.5. The van der Waals surface area contributed by atoms with Gasteiger partial charge in [0.2, 0.25) is 5.91 Å². The fourth-order valence-electron chi connectivity index (χ4n) is 5.61. The lowest BCUT2D eigenvalue weighted by Gasteiger charge is -2.31. The van der Waals surface area contributed by atoms with Crippen molar-refractivity contribution < 1.29 is 14.4 Å². The summed E-state index contributed by atoms with van der Waals surface area (Å²) in [6.07, 6.45) is 13.7. The number of allylic oxidation sites excluding steroid dienone is 1. The van der Waals surface area contributed by atoms with E-state index in [1.54, 1.807) is 17.1 Å². The fraction of sp³-hybridized carbons (Fsp3) is 0.750. The van der Waals surface area contributed by atoms with Crippen LogP contribution >= 0.6 is 0 Å². The third-order valence-corrected chi connectivity index (χ3v) is 8.10. The molecule has 1 saturated heterocycles. The lowest BCUT2D eigenvalue weighted by molar-refractivity contribution is -0.130. The van der Waals surface area contributed by atoms with Crippen LogP contribution in [0.3, 0.4) is 0 Å². The van der Waals surface area contributed by atoms with Gasteiger partial charge in [-0.15, -0.1) is 0 Å². The van der Waals surface area contributed by atoms with Crippen molar-refractivity contribution in [1.82, 2.24) is 9.80 Å². The largest absolute Gasteiger partial charge is 0.342 e. The number of carbonyl (C=O) groups excluding carboxylic acids is 3. The molecule has 0 spiro atoms. The van der Waals surface area contributed by atoms with Crippen molar-refractivity contribution in [2.75, 3.05) is 19.6 Å². The van der Waals surface area contributed by atoms with Crippen LogP contribution in [0.1, 0.15) is 91.4 Å². The standard InChI is InChI=1S/C28H44N2O3/c1-21-11-16-27(33)30(21)19-22-12-14-23(15-13-22)25(31)9-7-5-6-8-10-26(32)29-18-17-24(20-29)28(2,3)4/h11,16,22-24H,1,5-10,12-15,17-20H2,2-4H3. The van der Waals surface area contributed by atoms with Gasteiger partial charge in [-0.1, -0.05) is 40.2 Å². The summed E-state index contributed by atoms with van der Waals surface area (Å²) in [7, 11) is 0. The van der Waals surface area contributed by atoms with Crippen LogP contribution in [0, 0.1) is 23.2 Å². The molecule has 0 aromatic rings. The van der Waals surface area contributed by atoms with E-state index in [-0.39, 0.29) is 17.2 Å². The van der Waals surface area contributed by atoms with E-state index in [2.05, 4.69) is 32.3 Å². The predicted octanol–water partition coefficient (Wildman–Crippen LogP) is 5.51. The summed E-state index contributed by atoms with van der Waals surface area (Å²) in [5, 5.41) is 0. The zero-order valence-electron chi connectivity index (χ0n) is 21.1. The van der Waals surface area contributed by atoms with Crippen LogP contribution in [0.25, 0.3) is 0 Å². The number of amides is 2. The molecule has 1 unspecified atom stereocenters. The number of hydrogen-bond donors (Lipinski definition) is 0. The molecule has 2 aliphatic heterocycles. The van der Waals surface area contributed by atoms with Crippen LogP contribution in [0.15, 0.2) is 24.4 Å². The molecule has 0 N–H and O–H groups in total. The second-order valence-corrected chi connectivity index (χ2v) is 11.6. The van der Waals surface area contributed by atoms with Crippen molar-refractivity contribution in [2.45, 2.75) is 91.4 Å². The van der Waals surface area contributed by atoms with Crippen molar-refractivity contribution >= 4 is 17.6 Å². The molecule has 0 bridgehead atoms. The van der Waals surface area contributed by atoms with E-state index >= 15 is 0 Å². The average Bonchev–Trinajstić information content (AvgIpc) is 3.39. The number of carbonyl (C=O) groups is 3. The van der Waals surface area contributed by atoms with Gasteiger partial charge in [-0.2, -0.15) is 0 Å². The Bertz CT molecular complexity index is 738. The van der Waals surface area contributed by atoms with E-state index in [9.17, 15) is 14.4 Å². The molecule has 5 nitrogen and oxygen atoms in total. The fourth-order valence-corrected chi connectivity index (χ4v) is 5.61. The first kappa shape index (κ1) is 25.7. The molecule has 1 atom stereocenters. The topological polar surface area (TPSA) is 57.7 Å². The second-order valence-electron chi connectivity index (χ2n) is 11.6. The maximum Gasteiger partial charge on any atom is 0.251 e. The highest BCUT2D eigenvalue weighted by Gasteiger charge is 2.33. The first-order valence-electron chi connectivity index (χ1n) is 13.1. The zero-order chi connectivity index (χ0) is 24.0. The Balaban J connectivity index is 1.23. The predicted molar refractivity (Wildman–Crippen MR) is 132 cm³/mol. The van der Waals surface area contributed by atoms with Crippen molar-refractivity contribution in [3.63, 3.8) is 0 Å². The van der Waals surface area contributed by atoms with Gasteiger partial charge in [0.1, 0.15) is 5.78 Å². The van der Waals surface area contributed by atoms with Gasteiger partial charge in [-0.25, -0.2) is 0 Å². The molecule has 2 amide bonds. The Hall–Kier alpha value is -1.91. The summed E-state index contributed by atoms with van der Waals surface area (Å²) in [5.74, 6) is 2.05. The zero-order valence-corrected chi connectivity index (χ0v) is 21.1. The molecule has 0 aromatic carbocycles. The Morgan fingerprint density at radius 3 is 2.21 bits per heavy atom. The van der Waals surface area contributed by atoms with E-state index < -0.39 is 0 Å². The maximum absolute atomic E-state index is 12.6. The third-order valence-electron chi connectivity index (χ3n) is 8.10. The molecule has 3 aliphatic rings. The molecule has 1 aliphatic carbocycles. The quantitative estimate of drug-likeness (QED) is 0.407. The lowest BCUT2D eigenvalue weighted by atomic mass is 9.79. The Morgan fingerprint density at radius 2 is 1.64 bits per heavy atom. The van der Waals surface area contributed by atoms with E-state index in [4.69, 9.17) is 0 Å². The number of hydrogen-bond acceptors (Lipinski definition) is 3. The highest BCUT2D eigenvalue weighted by molar-refractivity contribution is 5.93. The van der Waals surface area contributed by atoms with Gasteiger partial charge in [-0.05, 0) is 68.3 Å². The summed E-state index contributed by atoms with van der Waals surface area (Å²) in [6.45, 7) is 13.3. The summed E-state index contributed by atoms with van der Waals surface area (Å²) in [4.78, 5) is 40.8. The molecule has 0 radical (unpaired) electrons. The first-order chi connectivity index (χ1) is 15.6. The van der Waals surface area contributed by atoms with Crippen LogP contribution in [-0.2, 0) is 14.4 Å². The monoisotopic (exact) mass is 456 g/mol. The molecule has 1 saturated carbocycles. The Morgan fingerprint density at radius 1 is 0.970 bits per heavy atom. The molecule has 3 rings (SSSR count). The molecule has 0 aromatic heterocycles. The summed E-state index contributed by atoms with van der Waals surface area (Å²) >= 11 is 0. The number of rotatable bonds is 10. The molecular formula is C28H44N2O3. The van der Waals surface area contributed by atoms with Crippen molar-refractivity contribution in [2.24, 2.45) is 23.2 Å². The van der Waals surface area contributed by atoms with Gasteiger partial charge in [-0.3, -0.25) is 14.4 Å². The van der Waals surface area contributed by atoms with E-state index in [1.165, 1.54) is 0 Å². The molecule has 2 fully saturated rings. The molecule has 33 heavy (non-hydrogen) atoms. The van der Waals surface area contributed by atoms with Gasteiger partial charge in [0.25, 0.3) is 5.91 Å². The molecule has 2 heterocycles. The summed E-state index contributed by atoms with van der Waals surface area (Å²) in [6, 6.07) is 0. The molecule has 184 valence electrons. The van der Waals surface area contributed by atoms with Crippen LogP contribution in [0.5, 0.6) is 0 Å². The normalized spacial score (nSPS) is 25.8. The lowest BCUT2D eigenvalue weighted by Crippen LogP contribution is -2.32. The van der Waals surface area contributed by atoms with Gasteiger partial charge in [0.15, 0.2) is 0 Å². The summed E-state index contributed by atoms with van der Waals surface area (Å²) < 4.78 is 0. The number of likely N-dealkylation sites (tertiary alicyclic amines) is 1. The minimum absolute atomic E-state index is 0.0365. The van der Waals surface area contributed by atoms with Gasteiger partial charge < -0.3 is 9.80 Å². The number of nitrogens with zero attached hydrogens (tertiary/aromatic N) is 2. The van der Waals surface area contributed by atoms with Crippen LogP contribution in [0.4, 0.5) is 0 Å². The van der Waals surface area contributed by atoms with Gasteiger partial charge in [0.05, 0.1) is 0 Å². The van der Waals surface area contributed by atoms with E-state index in [0.717, 1.165) is 83.1 Å². The number of unbranched alkanes of at least 4 members (excludes halogenated alkanes) is 3. The summed E-state index contributed by atoms with van der Waals surface area (Å²) in [5.41, 5.74) is 1.06. The Labute approximate surface area is 200 Å². The smallest absolute Gasteiger partial charge is 0.251 e. The van der Waals surface area contributed by atoms with E-state index in [0.29, 0.717) is 36.4 Å². The van der Waals surface area contributed by atoms with Gasteiger partial charge in [0, 0.05) is 50.2 Å². The SMILES string of the molecule is C=C1C=CC(=O)N1CC1CCC(C(=O)CCCCCCC(=O)N2CCC(C(C)(C)C)C2)CC1. The average molecular weight is 457 g/mol. The highest BCUT2D eigenvalue weighted by Crippen LogP contribution is 2.34. The maximum atomic E-state index is 12.6. The van der Waals surface area contributed by atoms with Crippen LogP contribution in [-0.4, -0.2) is 47.0 Å².